The van der Waals surface area contributed by atoms with Gasteiger partial charge in [-0.1, -0.05) is 81.2 Å². The Labute approximate surface area is 234 Å². The lowest BCUT2D eigenvalue weighted by atomic mass is 9.82. The maximum absolute atomic E-state index is 13.7. The SMILES string of the molecule is [N-]=[N+]=Nc1c(Sc2ccc(Cl)cc2)c(Sc2ccc(Cl)cc2)c(N=[N+]=[N-])c2c1C(=O)c1ccccc1C2=O. The molecule has 0 atom stereocenters. The first-order chi connectivity index (χ1) is 18.4. The molecule has 0 radical (unpaired) electrons. The molecule has 184 valence electrons. The summed E-state index contributed by atoms with van der Waals surface area (Å²) in [4.78, 5) is 35.6. The molecule has 0 aliphatic heterocycles. The summed E-state index contributed by atoms with van der Waals surface area (Å²) in [6.45, 7) is 0. The number of fused-ring (bicyclic) bond motifs is 2. The van der Waals surface area contributed by atoms with Gasteiger partial charge in [0.1, 0.15) is 0 Å². The highest BCUT2D eigenvalue weighted by atomic mass is 35.5. The molecule has 0 amide bonds. The van der Waals surface area contributed by atoms with Gasteiger partial charge in [0.05, 0.1) is 11.4 Å². The van der Waals surface area contributed by atoms with Gasteiger partial charge < -0.3 is 0 Å². The van der Waals surface area contributed by atoms with Crippen molar-refractivity contribution in [2.45, 2.75) is 19.6 Å². The molecule has 0 unspecified atom stereocenters. The van der Waals surface area contributed by atoms with Crippen LogP contribution in [0.5, 0.6) is 0 Å². The molecular weight excluding hydrogens is 563 g/mol. The highest BCUT2D eigenvalue weighted by Gasteiger charge is 2.37. The minimum absolute atomic E-state index is 0.0244. The van der Waals surface area contributed by atoms with E-state index in [9.17, 15) is 20.7 Å². The summed E-state index contributed by atoms with van der Waals surface area (Å²) in [6, 6.07) is 20.2. The summed E-state index contributed by atoms with van der Waals surface area (Å²) in [5.41, 5.74) is 19.1. The molecule has 4 aromatic rings. The number of azide groups is 2. The number of hydrogen-bond acceptors (Lipinski definition) is 6. The van der Waals surface area contributed by atoms with Crippen LogP contribution >= 0.6 is 46.7 Å². The van der Waals surface area contributed by atoms with Gasteiger partial charge in [-0.25, -0.2) is 0 Å². The number of hydrogen-bond donors (Lipinski definition) is 0. The van der Waals surface area contributed by atoms with Gasteiger partial charge in [-0.15, -0.1) is 0 Å². The lowest BCUT2D eigenvalue weighted by Gasteiger charge is -2.25. The Kier molecular flexibility index (Phi) is 7.35. The molecule has 8 nitrogen and oxygen atoms in total. The molecule has 1 aliphatic rings. The first kappa shape index (κ1) is 25.8. The van der Waals surface area contributed by atoms with Gasteiger partial charge >= 0.3 is 0 Å². The van der Waals surface area contributed by atoms with Gasteiger partial charge in [-0.2, -0.15) is 0 Å². The Morgan fingerprint density at radius 1 is 0.605 bits per heavy atom. The van der Waals surface area contributed by atoms with Gasteiger partial charge in [0, 0.05) is 61.7 Å². The summed E-state index contributed by atoms with van der Waals surface area (Å²) in [5, 5.41) is 8.85. The molecule has 0 bridgehead atoms. The Balaban J connectivity index is 1.88. The Morgan fingerprint density at radius 2 is 0.974 bits per heavy atom. The first-order valence-electron chi connectivity index (χ1n) is 10.8. The predicted octanol–water partition coefficient (Wildman–Crippen LogP) is 9.95. The van der Waals surface area contributed by atoms with E-state index in [2.05, 4.69) is 20.1 Å². The molecule has 1 aliphatic carbocycles. The smallest absolute Gasteiger partial charge is 0.195 e. The van der Waals surface area contributed by atoms with E-state index in [1.165, 1.54) is 35.7 Å². The van der Waals surface area contributed by atoms with Crippen LogP contribution in [-0.2, 0) is 0 Å². The number of carbonyl (C=O) groups excluding carboxylic acids is 2. The molecule has 0 saturated heterocycles. The number of carbonyl (C=O) groups is 2. The minimum atomic E-state index is -0.506. The molecule has 4 aromatic carbocycles. The average molecular weight is 575 g/mol. The fraction of sp³-hybridized carbons (Fsp3) is 0. The van der Waals surface area contributed by atoms with Gasteiger partial charge in [-0.3, -0.25) is 9.59 Å². The van der Waals surface area contributed by atoms with E-state index in [0.717, 1.165) is 0 Å². The molecule has 0 N–H and O–H groups in total. The molecule has 12 heteroatoms. The van der Waals surface area contributed by atoms with Crippen molar-refractivity contribution in [3.05, 3.63) is 126 Å². The van der Waals surface area contributed by atoms with Crippen LogP contribution in [0.1, 0.15) is 31.8 Å². The summed E-state index contributed by atoms with van der Waals surface area (Å²) in [7, 11) is 0. The summed E-state index contributed by atoms with van der Waals surface area (Å²) in [5.74, 6) is -1.01. The highest BCUT2D eigenvalue weighted by molar-refractivity contribution is 8.02. The van der Waals surface area contributed by atoms with E-state index >= 15 is 0 Å². The second kappa shape index (κ2) is 10.8. The fourth-order valence-corrected chi connectivity index (χ4v) is 6.36. The van der Waals surface area contributed by atoms with E-state index in [0.29, 0.717) is 29.6 Å². The van der Waals surface area contributed by atoms with Crippen molar-refractivity contribution >= 4 is 69.7 Å². The minimum Gasteiger partial charge on any atom is -0.289 e. The number of rotatable bonds is 6. The maximum Gasteiger partial charge on any atom is 0.195 e. The van der Waals surface area contributed by atoms with Gasteiger partial charge in [0.15, 0.2) is 11.6 Å². The standard InChI is InChI=1S/C26H12Cl2N6O2S2/c27-13-5-9-15(10-6-13)37-25-21(31-33-29)19-20(24(36)18-4-2-1-3-17(18)23(19)35)22(32-34-30)26(25)38-16-11-7-14(28)8-12-16/h1-12H. The van der Waals surface area contributed by atoms with Crippen molar-refractivity contribution in [2.75, 3.05) is 0 Å². The summed E-state index contributed by atoms with van der Waals surface area (Å²) < 4.78 is 0. The topological polar surface area (TPSA) is 132 Å². The van der Waals surface area contributed by atoms with Crippen molar-refractivity contribution in [1.29, 1.82) is 0 Å². The zero-order valence-electron chi connectivity index (χ0n) is 19.0. The molecule has 0 saturated carbocycles. The largest absolute Gasteiger partial charge is 0.289 e. The van der Waals surface area contributed by atoms with Gasteiger partial charge in [-0.05, 0) is 59.6 Å². The molecule has 5 rings (SSSR count). The molecule has 38 heavy (non-hydrogen) atoms. The van der Waals surface area contributed by atoms with Crippen molar-refractivity contribution in [2.24, 2.45) is 10.2 Å². The van der Waals surface area contributed by atoms with Crippen molar-refractivity contribution < 1.29 is 9.59 Å². The molecule has 0 aromatic heterocycles. The number of benzene rings is 4. The second-order valence-electron chi connectivity index (χ2n) is 7.80. The van der Waals surface area contributed by atoms with Crippen LogP contribution in [0.4, 0.5) is 11.4 Å². The zero-order valence-corrected chi connectivity index (χ0v) is 22.1. The van der Waals surface area contributed by atoms with Crippen LogP contribution in [0.15, 0.2) is 103 Å². The van der Waals surface area contributed by atoms with E-state index < -0.39 is 11.6 Å². The highest BCUT2D eigenvalue weighted by Crippen LogP contribution is 2.54. The monoisotopic (exact) mass is 574 g/mol. The van der Waals surface area contributed by atoms with Crippen LogP contribution < -0.4 is 0 Å². The predicted molar refractivity (Wildman–Crippen MR) is 149 cm³/mol. The fourth-order valence-electron chi connectivity index (χ4n) is 3.98. The van der Waals surface area contributed by atoms with Crippen LogP contribution in [-0.4, -0.2) is 11.6 Å². The summed E-state index contributed by atoms with van der Waals surface area (Å²) in [6.07, 6.45) is 0. The Hall–Kier alpha value is -3.88. The number of ketones is 2. The van der Waals surface area contributed by atoms with E-state index in [1.54, 1.807) is 60.7 Å². The van der Waals surface area contributed by atoms with E-state index in [4.69, 9.17) is 23.2 Å². The van der Waals surface area contributed by atoms with Crippen molar-refractivity contribution in [1.82, 2.24) is 0 Å². The lowest BCUT2D eigenvalue weighted by molar-refractivity contribution is 0.0979. The van der Waals surface area contributed by atoms with E-state index in [1.807, 2.05) is 0 Å². The van der Waals surface area contributed by atoms with Crippen LogP contribution in [0, 0.1) is 0 Å². The number of halogens is 2. The van der Waals surface area contributed by atoms with Crippen molar-refractivity contribution in [3.63, 3.8) is 0 Å². The van der Waals surface area contributed by atoms with Crippen LogP contribution in [0.3, 0.4) is 0 Å². The van der Waals surface area contributed by atoms with Crippen LogP contribution in [0.2, 0.25) is 10.0 Å². The van der Waals surface area contributed by atoms with Gasteiger partial charge in [0.2, 0.25) is 0 Å². The summed E-state index contributed by atoms with van der Waals surface area (Å²) >= 11 is 14.5. The maximum atomic E-state index is 13.7. The van der Waals surface area contributed by atoms with Crippen LogP contribution in [0.25, 0.3) is 20.9 Å². The third kappa shape index (κ3) is 4.73. The molecule has 0 heterocycles. The lowest BCUT2D eigenvalue weighted by Crippen LogP contribution is -2.21. The average Bonchev–Trinajstić information content (AvgIpc) is 2.92. The first-order valence-corrected chi connectivity index (χ1v) is 13.2. The van der Waals surface area contributed by atoms with E-state index in [-0.39, 0.29) is 33.6 Å². The molecule has 0 spiro atoms. The number of nitrogens with zero attached hydrogens (tertiary/aromatic N) is 6. The molecule has 0 fully saturated rings. The Bertz CT molecular complexity index is 1600. The third-order valence-electron chi connectivity index (χ3n) is 5.59. The van der Waals surface area contributed by atoms with Crippen molar-refractivity contribution in [3.8, 4) is 0 Å². The van der Waals surface area contributed by atoms with Gasteiger partial charge in [0.25, 0.3) is 0 Å². The second-order valence-corrected chi connectivity index (χ2v) is 10.8. The normalized spacial score (nSPS) is 11.7. The zero-order chi connectivity index (χ0) is 26.8. The quantitative estimate of drug-likeness (QED) is 0.113. The third-order valence-corrected chi connectivity index (χ3v) is 8.44. The Morgan fingerprint density at radius 3 is 1.32 bits per heavy atom. The molecular formula is C26H12Cl2N6O2S2.